The second-order valence-electron chi connectivity index (χ2n) is 8.89. The average Bonchev–Trinajstić information content (AvgIpc) is 2.77. The molecule has 1 unspecified atom stereocenters. The number of piperidine rings is 3. The molecular weight excluding hydrogens is 386 g/mol. The maximum Gasteiger partial charge on any atom is 0.410 e. The van der Waals surface area contributed by atoms with Gasteiger partial charge in [0.1, 0.15) is 11.6 Å². The van der Waals surface area contributed by atoms with Crippen LogP contribution in [0, 0.1) is 17.0 Å². The minimum absolute atomic E-state index is 0.0819. The summed E-state index contributed by atoms with van der Waals surface area (Å²) in [5, 5.41) is 0. The topological polar surface area (TPSA) is 32.8 Å². The molecule has 6 rings (SSSR count). The van der Waals surface area contributed by atoms with Crippen LogP contribution in [0.1, 0.15) is 42.0 Å². The van der Waals surface area contributed by atoms with Crippen molar-refractivity contribution in [2.45, 2.75) is 31.7 Å². The van der Waals surface area contributed by atoms with Crippen molar-refractivity contribution in [2.75, 3.05) is 32.8 Å². The van der Waals surface area contributed by atoms with E-state index in [2.05, 4.69) is 4.90 Å². The van der Waals surface area contributed by atoms with Gasteiger partial charge in [0, 0.05) is 18.0 Å². The summed E-state index contributed by atoms with van der Waals surface area (Å²) in [6.45, 7) is 4.08. The van der Waals surface area contributed by atoms with Crippen LogP contribution in [0.25, 0.3) is 0 Å². The Morgan fingerprint density at radius 3 is 2.37 bits per heavy atom. The lowest BCUT2D eigenvalue weighted by atomic mass is 9.73. The van der Waals surface area contributed by atoms with Crippen LogP contribution in [0.3, 0.4) is 0 Å². The molecule has 2 aromatic carbocycles. The second-order valence-corrected chi connectivity index (χ2v) is 8.89. The van der Waals surface area contributed by atoms with Crippen LogP contribution in [-0.2, 0) is 11.2 Å². The van der Waals surface area contributed by atoms with Crippen LogP contribution in [0.4, 0.5) is 13.6 Å². The molecule has 4 heterocycles. The first kappa shape index (κ1) is 19.5. The monoisotopic (exact) mass is 412 g/mol. The van der Waals surface area contributed by atoms with Gasteiger partial charge in [-0.2, -0.15) is 0 Å². The van der Waals surface area contributed by atoms with E-state index in [1.54, 1.807) is 4.90 Å². The molecule has 0 aliphatic carbocycles. The van der Waals surface area contributed by atoms with E-state index in [1.165, 1.54) is 12.1 Å². The second kappa shape index (κ2) is 7.65. The molecule has 1 atom stereocenters. The van der Waals surface area contributed by atoms with E-state index in [-0.39, 0.29) is 5.41 Å². The first-order valence-electron chi connectivity index (χ1n) is 10.7. The highest BCUT2D eigenvalue weighted by Crippen LogP contribution is 2.41. The van der Waals surface area contributed by atoms with Crippen molar-refractivity contribution in [3.8, 4) is 0 Å². The molecule has 158 valence electrons. The summed E-state index contributed by atoms with van der Waals surface area (Å²) in [6.07, 6.45) is 3.46. The Kier molecular flexibility index (Phi) is 4.97. The summed E-state index contributed by atoms with van der Waals surface area (Å²) >= 11 is 0. The lowest BCUT2D eigenvalue weighted by molar-refractivity contribution is -0.0300. The van der Waals surface area contributed by atoms with Crippen molar-refractivity contribution in [1.82, 2.24) is 9.80 Å². The number of fused-ring (bicyclic) bond motifs is 4. The van der Waals surface area contributed by atoms with Gasteiger partial charge in [-0.25, -0.2) is 13.6 Å². The Balaban J connectivity index is 1.41. The van der Waals surface area contributed by atoms with E-state index in [9.17, 15) is 13.6 Å². The van der Waals surface area contributed by atoms with E-state index in [4.69, 9.17) is 4.74 Å². The summed E-state index contributed by atoms with van der Waals surface area (Å²) < 4.78 is 33.8. The Bertz CT molecular complexity index is 922. The Labute approximate surface area is 175 Å². The highest BCUT2D eigenvalue weighted by Gasteiger charge is 2.41. The Hall–Kier alpha value is -2.47. The largest absolute Gasteiger partial charge is 0.449 e. The van der Waals surface area contributed by atoms with Crippen LogP contribution in [0.2, 0.25) is 0 Å². The van der Waals surface area contributed by atoms with Crippen LogP contribution in [0.5, 0.6) is 0 Å². The quantitative estimate of drug-likeness (QED) is 0.742. The maximum atomic E-state index is 14.0. The van der Waals surface area contributed by atoms with Crippen LogP contribution >= 0.6 is 0 Å². The first-order valence-corrected chi connectivity index (χ1v) is 10.7. The van der Waals surface area contributed by atoms with Crippen LogP contribution in [-0.4, -0.2) is 48.7 Å². The molecule has 4 aliphatic rings. The molecule has 3 saturated heterocycles. The summed E-state index contributed by atoms with van der Waals surface area (Å²) in [5.74, 6) is -1.29. The van der Waals surface area contributed by atoms with Gasteiger partial charge in [-0.05, 0) is 74.1 Å². The first-order chi connectivity index (χ1) is 14.5. The van der Waals surface area contributed by atoms with E-state index < -0.39 is 23.8 Å². The predicted octanol–water partition coefficient (Wildman–Crippen LogP) is 4.53. The number of ether oxygens (including phenoxy) is 1. The molecule has 0 radical (unpaired) electrons. The van der Waals surface area contributed by atoms with Gasteiger partial charge in [0.2, 0.25) is 0 Å². The van der Waals surface area contributed by atoms with E-state index in [0.717, 1.165) is 56.1 Å². The zero-order valence-electron chi connectivity index (χ0n) is 16.9. The molecule has 2 bridgehead atoms. The van der Waals surface area contributed by atoms with Crippen molar-refractivity contribution < 1.29 is 18.3 Å². The number of benzene rings is 2. The van der Waals surface area contributed by atoms with Gasteiger partial charge in [0.05, 0.1) is 12.6 Å². The molecule has 0 aromatic heterocycles. The number of amides is 1. The van der Waals surface area contributed by atoms with Gasteiger partial charge in [0.25, 0.3) is 0 Å². The molecule has 1 amide bonds. The number of carbonyl (C=O) groups is 1. The number of rotatable bonds is 3. The molecule has 3 fully saturated rings. The fourth-order valence-corrected chi connectivity index (χ4v) is 5.27. The van der Waals surface area contributed by atoms with Crippen molar-refractivity contribution in [3.05, 3.63) is 70.8 Å². The SMILES string of the molecule is O=C(OCC12CCN(CC1)CC2)N1CCc2ccccc2C1c1cc(F)cc(F)c1. The van der Waals surface area contributed by atoms with Crippen molar-refractivity contribution >= 4 is 6.09 Å². The normalized spacial score (nSPS) is 27.6. The lowest BCUT2D eigenvalue weighted by Gasteiger charge is -2.48. The number of hydrogen-bond acceptors (Lipinski definition) is 3. The molecular formula is C24H26F2N2O2. The number of halogens is 2. The molecule has 0 spiro atoms. The fourth-order valence-electron chi connectivity index (χ4n) is 5.27. The minimum atomic E-state index is -0.644. The highest BCUT2D eigenvalue weighted by atomic mass is 19.1. The lowest BCUT2D eigenvalue weighted by Crippen LogP contribution is -2.51. The van der Waals surface area contributed by atoms with Gasteiger partial charge in [-0.3, -0.25) is 4.90 Å². The van der Waals surface area contributed by atoms with Crippen molar-refractivity contribution in [3.63, 3.8) is 0 Å². The zero-order valence-corrected chi connectivity index (χ0v) is 16.9. The molecule has 0 N–H and O–H groups in total. The molecule has 4 aliphatic heterocycles. The number of nitrogens with zero attached hydrogens (tertiary/aromatic N) is 2. The standard InChI is InChI=1S/C24H26F2N2O2/c25-19-13-18(14-20(26)15-19)22-21-4-2-1-3-17(21)5-9-28(22)23(29)30-16-24-6-10-27(11-7-24)12-8-24/h1-4,13-15,22H,5-12,16H2. The van der Waals surface area contributed by atoms with Crippen molar-refractivity contribution in [1.29, 1.82) is 0 Å². The molecule has 0 saturated carbocycles. The molecule has 2 aromatic rings. The zero-order chi connectivity index (χ0) is 20.7. The van der Waals surface area contributed by atoms with Gasteiger partial charge in [0.15, 0.2) is 0 Å². The third-order valence-corrected chi connectivity index (χ3v) is 7.10. The van der Waals surface area contributed by atoms with E-state index in [1.807, 2.05) is 24.3 Å². The summed E-state index contributed by atoms with van der Waals surface area (Å²) in [6, 6.07) is 10.7. The Morgan fingerprint density at radius 1 is 1.00 bits per heavy atom. The minimum Gasteiger partial charge on any atom is -0.449 e. The maximum absolute atomic E-state index is 14.0. The summed E-state index contributed by atoms with van der Waals surface area (Å²) in [4.78, 5) is 17.3. The smallest absolute Gasteiger partial charge is 0.410 e. The summed E-state index contributed by atoms with van der Waals surface area (Å²) in [5.41, 5.74) is 2.50. The third-order valence-electron chi connectivity index (χ3n) is 7.10. The number of carbonyl (C=O) groups excluding carboxylic acids is 1. The molecule has 30 heavy (non-hydrogen) atoms. The van der Waals surface area contributed by atoms with Gasteiger partial charge < -0.3 is 9.64 Å². The predicted molar refractivity (Wildman–Crippen MR) is 109 cm³/mol. The summed E-state index contributed by atoms with van der Waals surface area (Å²) in [7, 11) is 0. The van der Waals surface area contributed by atoms with Crippen LogP contribution < -0.4 is 0 Å². The Morgan fingerprint density at radius 2 is 1.67 bits per heavy atom. The fraction of sp³-hybridized carbons (Fsp3) is 0.458. The average molecular weight is 412 g/mol. The number of hydrogen-bond donors (Lipinski definition) is 0. The van der Waals surface area contributed by atoms with Gasteiger partial charge in [-0.15, -0.1) is 0 Å². The van der Waals surface area contributed by atoms with Crippen molar-refractivity contribution in [2.24, 2.45) is 5.41 Å². The van der Waals surface area contributed by atoms with E-state index in [0.29, 0.717) is 25.1 Å². The molecule has 6 heteroatoms. The van der Waals surface area contributed by atoms with Crippen LogP contribution in [0.15, 0.2) is 42.5 Å². The third kappa shape index (κ3) is 3.58. The molecule has 4 nitrogen and oxygen atoms in total. The highest BCUT2D eigenvalue weighted by molar-refractivity contribution is 5.70. The van der Waals surface area contributed by atoms with E-state index >= 15 is 0 Å². The van der Waals surface area contributed by atoms with Gasteiger partial charge in [-0.1, -0.05) is 24.3 Å². The van der Waals surface area contributed by atoms with Gasteiger partial charge >= 0.3 is 6.09 Å².